The average molecular weight is 267 g/mol. The van der Waals surface area contributed by atoms with Crippen LogP contribution in [0, 0.1) is 0 Å². The molecule has 3 N–H and O–H groups in total. The summed E-state index contributed by atoms with van der Waals surface area (Å²) in [6.45, 7) is 2.49. The number of hydrogen-bond acceptors (Lipinski definition) is 4. The Hall–Kier alpha value is -1.40. The second kappa shape index (κ2) is 5.97. The van der Waals surface area contributed by atoms with Gasteiger partial charge in [-0.05, 0) is 18.9 Å². The van der Waals surface area contributed by atoms with Crippen LogP contribution >= 0.6 is 12.2 Å². The van der Waals surface area contributed by atoms with Gasteiger partial charge in [0, 0.05) is 25.7 Å². The SMILES string of the molecule is NC(=S)CN1CCC(NC(=O)c2ccoc2)CC1. The molecule has 1 aliphatic rings. The molecule has 2 rings (SSSR count). The zero-order chi connectivity index (χ0) is 13.0. The first-order valence-electron chi connectivity index (χ1n) is 5.99. The van der Waals surface area contributed by atoms with Gasteiger partial charge in [0.25, 0.3) is 5.91 Å². The molecule has 0 spiro atoms. The molecule has 1 fully saturated rings. The van der Waals surface area contributed by atoms with Crippen LogP contribution in [0.2, 0.25) is 0 Å². The fourth-order valence-corrected chi connectivity index (χ4v) is 2.30. The Bertz CT molecular complexity index is 411. The summed E-state index contributed by atoms with van der Waals surface area (Å²) in [6, 6.07) is 1.88. The van der Waals surface area contributed by atoms with Crippen molar-refractivity contribution in [3.63, 3.8) is 0 Å². The number of nitrogens with one attached hydrogen (secondary N) is 1. The highest BCUT2D eigenvalue weighted by atomic mass is 32.1. The number of nitrogens with two attached hydrogens (primary N) is 1. The lowest BCUT2D eigenvalue weighted by molar-refractivity contribution is 0.0914. The fourth-order valence-electron chi connectivity index (χ4n) is 2.12. The topological polar surface area (TPSA) is 71.5 Å². The van der Waals surface area contributed by atoms with Crippen LogP contribution in [0.3, 0.4) is 0 Å². The first kappa shape index (κ1) is 13.0. The van der Waals surface area contributed by atoms with Crippen molar-refractivity contribution in [2.75, 3.05) is 19.6 Å². The zero-order valence-corrected chi connectivity index (χ0v) is 10.9. The molecule has 1 amide bonds. The van der Waals surface area contributed by atoms with E-state index in [0.29, 0.717) is 17.1 Å². The maximum atomic E-state index is 11.8. The quantitative estimate of drug-likeness (QED) is 0.788. The summed E-state index contributed by atoms with van der Waals surface area (Å²) < 4.78 is 4.89. The molecule has 1 aromatic heterocycles. The number of amides is 1. The van der Waals surface area contributed by atoms with Gasteiger partial charge in [-0.3, -0.25) is 9.69 Å². The normalized spacial score (nSPS) is 17.6. The Labute approximate surface area is 111 Å². The van der Waals surface area contributed by atoms with E-state index in [4.69, 9.17) is 22.4 Å². The van der Waals surface area contributed by atoms with Crippen LogP contribution in [-0.2, 0) is 0 Å². The van der Waals surface area contributed by atoms with E-state index in [1.165, 1.54) is 12.5 Å². The van der Waals surface area contributed by atoms with E-state index in [2.05, 4.69) is 10.2 Å². The largest absolute Gasteiger partial charge is 0.472 e. The molecule has 0 bridgehead atoms. The van der Waals surface area contributed by atoms with E-state index in [0.717, 1.165) is 25.9 Å². The van der Waals surface area contributed by atoms with Gasteiger partial charge in [-0.15, -0.1) is 0 Å². The molecule has 18 heavy (non-hydrogen) atoms. The highest BCUT2D eigenvalue weighted by molar-refractivity contribution is 7.80. The monoisotopic (exact) mass is 267 g/mol. The van der Waals surface area contributed by atoms with Crippen LogP contribution in [0.25, 0.3) is 0 Å². The third-order valence-corrected chi connectivity index (χ3v) is 3.21. The first-order valence-corrected chi connectivity index (χ1v) is 6.39. The summed E-state index contributed by atoms with van der Waals surface area (Å²) in [7, 11) is 0. The van der Waals surface area contributed by atoms with E-state index in [1.807, 2.05) is 0 Å². The molecule has 5 nitrogen and oxygen atoms in total. The second-order valence-corrected chi connectivity index (χ2v) is 5.03. The van der Waals surface area contributed by atoms with Gasteiger partial charge < -0.3 is 15.5 Å². The fraction of sp³-hybridized carbons (Fsp3) is 0.500. The lowest BCUT2D eigenvalue weighted by Gasteiger charge is -2.31. The van der Waals surface area contributed by atoms with Gasteiger partial charge in [0.05, 0.1) is 16.8 Å². The highest BCUT2D eigenvalue weighted by Gasteiger charge is 2.21. The van der Waals surface area contributed by atoms with Crippen LogP contribution in [0.4, 0.5) is 0 Å². The maximum absolute atomic E-state index is 11.8. The number of nitrogens with zero attached hydrogens (tertiary/aromatic N) is 1. The summed E-state index contributed by atoms with van der Waals surface area (Å²) >= 11 is 4.89. The molecule has 0 unspecified atom stereocenters. The lowest BCUT2D eigenvalue weighted by Crippen LogP contribution is -2.46. The van der Waals surface area contributed by atoms with Crippen LogP contribution in [-0.4, -0.2) is 41.5 Å². The van der Waals surface area contributed by atoms with Gasteiger partial charge in [-0.2, -0.15) is 0 Å². The van der Waals surface area contributed by atoms with E-state index >= 15 is 0 Å². The molecular weight excluding hydrogens is 250 g/mol. The molecule has 0 radical (unpaired) electrons. The van der Waals surface area contributed by atoms with Crippen molar-refractivity contribution in [1.82, 2.24) is 10.2 Å². The predicted molar refractivity (Wildman–Crippen MR) is 72.4 cm³/mol. The number of furan rings is 1. The van der Waals surface area contributed by atoms with Crippen LogP contribution in [0.1, 0.15) is 23.2 Å². The highest BCUT2D eigenvalue weighted by Crippen LogP contribution is 2.11. The van der Waals surface area contributed by atoms with Crippen LogP contribution < -0.4 is 11.1 Å². The molecule has 6 heteroatoms. The molecule has 2 heterocycles. The predicted octanol–water partition coefficient (Wildman–Crippen LogP) is 0.760. The third-order valence-electron chi connectivity index (χ3n) is 3.09. The van der Waals surface area contributed by atoms with E-state index < -0.39 is 0 Å². The van der Waals surface area contributed by atoms with E-state index in [-0.39, 0.29) is 11.9 Å². The minimum atomic E-state index is -0.0726. The number of hydrogen-bond donors (Lipinski definition) is 2. The number of rotatable bonds is 4. The summed E-state index contributed by atoms with van der Waals surface area (Å²) in [6.07, 6.45) is 4.80. The van der Waals surface area contributed by atoms with Crippen molar-refractivity contribution in [3.8, 4) is 0 Å². The molecule has 0 aromatic carbocycles. The van der Waals surface area contributed by atoms with E-state index in [9.17, 15) is 4.79 Å². The van der Waals surface area contributed by atoms with Crippen molar-refractivity contribution in [2.45, 2.75) is 18.9 Å². The number of carbonyl (C=O) groups excluding carboxylic acids is 1. The summed E-state index contributed by atoms with van der Waals surface area (Å²) in [4.78, 5) is 14.5. The van der Waals surface area contributed by atoms with Crippen molar-refractivity contribution >= 4 is 23.1 Å². The van der Waals surface area contributed by atoms with Gasteiger partial charge >= 0.3 is 0 Å². The van der Waals surface area contributed by atoms with Crippen LogP contribution in [0.5, 0.6) is 0 Å². The Morgan fingerprint density at radius 2 is 2.28 bits per heavy atom. The van der Waals surface area contributed by atoms with E-state index in [1.54, 1.807) is 6.07 Å². The molecule has 0 aliphatic carbocycles. The van der Waals surface area contributed by atoms with Crippen molar-refractivity contribution < 1.29 is 9.21 Å². The number of carbonyl (C=O) groups is 1. The summed E-state index contributed by atoms with van der Waals surface area (Å²) in [5, 5.41) is 3.01. The lowest BCUT2D eigenvalue weighted by atomic mass is 10.0. The first-order chi connectivity index (χ1) is 8.65. The Morgan fingerprint density at radius 3 is 2.83 bits per heavy atom. The van der Waals surface area contributed by atoms with Gasteiger partial charge in [-0.25, -0.2) is 0 Å². The molecule has 1 saturated heterocycles. The maximum Gasteiger partial charge on any atom is 0.254 e. The zero-order valence-electron chi connectivity index (χ0n) is 10.1. The van der Waals surface area contributed by atoms with Gasteiger partial charge in [0.15, 0.2) is 0 Å². The molecule has 1 aromatic rings. The molecular formula is C12H17N3O2S. The van der Waals surface area contributed by atoms with Crippen molar-refractivity contribution in [1.29, 1.82) is 0 Å². The Kier molecular flexibility index (Phi) is 4.33. The van der Waals surface area contributed by atoms with Gasteiger partial charge in [0.1, 0.15) is 6.26 Å². The minimum absolute atomic E-state index is 0.0726. The summed E-state index contributed by atoms with van der Waals surface area (Å²) in [5.41, 5.74) is 6.08. The number of likely N-dealkylation sites (tertiary alicyclic amines) is 1. The third kappa shape index (κ3) is 3.54. The van der Waals surface area contributed by atoms with Crippen molar-refractivity contribution in [3.05, 3.63) is 24.2 Å². The molecule has 1 aliphatic heterocycles. The molecule has 98 valence electrons. The molecule has 0 atom stereocenters. The van der Waals surface area contributed by atoms with Gasteiger partial charge in [0.2, 0.25) is 0 Å². The minimum Gasteiger partial charge on any atom is -0.472 e. The Balaban J connectivity index is 1.77. The summed E-state index contributed by atoms with van der Waals surface area (Å²) in [5.74, 6) is -0.0726. The second-order valence-electron chi connectivity index (χ2n) is 4.50. The number of piperidine rings is 1. The standard InChI is InChI=1S/C12H17N3O2S/c13-11(18)7-15-4-1-10(2-5-15)14-12(16)9-3-6-17-8-9/h3,6,8,10H,1-2,4-5,7H2,(H2,13,18)(H,14,16). The smallest absolute Gasteiger partial charge is 0.254 e. The van der Waals surface area contributed by atoms with Crippen molar-refractivity contribution in [2.24, 2.45) is 5.73 Å². The van der Waals surface area contributed by atoms with Crippen LogP contribution in [0.15, 0.2) is 23.0 Å². The Morgan fingerprint density at radius 1 is 1.56 bits per heavy atom. The molecule has 0 saturated carbocycles. The average Bonchev–Trinajstić information content (AvgIpc) is 2.84. The van der Waals surface area contributed by atoms with Gasteiger partial charge in [-0.1, -0.05) is 12.2 Å². The number of thiocarbonyl (C=S) groups is 1.